The number of fused-ring (bicyclic) bond motifs is 3. The molecule has 1 saturated carbocycles. The summed E-state index contributed by atoms with van der Waals surface area (Å²) in [6.07, 6.45) is -2.15. The number of nitriles is 1. The van der Waals surface area contributed by atoms with Gasteiger partial charge in [-0.15, -0.1) is 10.2 Å². The van der Waals surface area contributed by atoms with Crippen molar-refractivity contribution in [1.29, 1.82) is 5.26 Å². The number of hydrogen-bond donors (Lipinski definition) is 1. The Hall–Kier alpha value is -3.39. The Morgan fingerprint density at radius 1 is 1.28 bits per heavy atom. The summed E-state index contributed by atoms with van der Waals surface area (Å²) in [4.78, 5) is 10.4. The highest BCUT2D eigenvalue weighted by Crippen LogP contribution is 2.40. The molecule has 0 spiro atoms. The van der Waals surface area contributed by atoms with Gasteiger partial charge in [-0.3, -0.25) is 4.57 Å². The molecule has 2 atom stereocenters. The Bertz CT molecular complexity index is 1730. The predicted molar refractivity (Wildman–Crippen MR) is 135 cm³/mol. The number of anilines is 1. The molecule has 204 valence electrons. The van der Waals surface area contributed by atoms with E-state index in [2.05, 4.69) is 24.9 Å². The van der Waals surface area contributed by atoms with E-state index in [4.69, 9.17) is 4.74 Å². The smallest absolute Gasteiger partial charge is 0.291 e. The van der Waals surface area contributed by atoms with Gasteiger partial charge < -0.3 is 9.64 Å². The molecule has 1 N–H and O–H groups in total. The lowest BCUT2D eigenvalue weighted by molar-refractivity contribution is 0.0196. The minimum atomic E-state index is -4.10. The number of methoxy groups -OCH3 is 1. The Labute approximate surface area is 224 Å². The fraction of sp³-hybridized carbons (Fsp3) is 0.435. The summed E-state index contributed by atoms with van der Waals surface area (Å²) in [5, 5.41) is 17.4. The van der Waals surface area contributed by atoms with Gasteiger partial charge in [0.15, 0.2) is 10.7 Å². The Balaban J connectivity index is 1.55. The van der Waals surface area contributed by atoms with Gasteiger partial charge in [0.25, 0.3) is 6.43 Å². The number of piperidine rings is 1. The van der Waals surface area contributed by atoms with Crippen LogP contribution in [0.2, 0.25) is 0 Å². The molecule has 1 aliphatic carbocycles. The highest BCUT2D eigenvalue weighted by Gasteiger charge is 2.47. The first-order chi connectivity index (χ1) is 18.7. The fourth-order valence-electron chi connectivity index (χ4n) is 4.82. The first-order valence-electron chi connectivity index (χ1n) is 11.9. The van der Waals surface area contributed by atoms with Crippen LogP contribution < -0.4 is 9.62 Å². The molecule has 6 rings (SSSR count). The second kappa shape index (κ2) is 9.37. The van der Waals surface area contributed by atoms with Crippen LogP contribution >= 0.6 is 11.3 Å². The van der Waals surface area contributed by atoms with Gasteiger partial charge in [0.05, 0.1) is 34.5 Å². The quantitative estimate of drug-likeness (QED) is 0.350. The van der Waals surface area contributed by atoms with E-state index in [1.54, 1.807) is 11.0 Å². The molecule has 0 amide bonds. The summed E-state index contributed by atoms with van der Waals surface area (Å²) in [5.41, 5.74) is -0.562. The van der Waals surface area contributed by atoms with Crippen molar-refractivity contribution in [2.75, 3.05) is 25.1 Å². The molecule has 39 heavy (non-hydrogen) atoms. The number of halogens is 3. The van der Waals surface area contributed by atoms with Crippen molar-refractivity contribution in [1.82, 2.24) is 29.5 Å². The van der Waals surface area contributed by atoms with Gasteiger partial charge in [0, 0.05) is 19.0 Å². The van der Waals surface area contributed by atoms with E-state index in [-0.39, 0.29) is 22.2 Å². The minimum absolute atomic E-state index is 0.0122. The summed E-state index contributed by atoms with van der Waals surface area (Å²) in [6, 6.07) is 6.31. The van der Waals surface area contributed by atoms with Gasteiger partial charge in [-0.2, -0.15) is 9.98 Å². The van der Waals surface area contributed by atoms with Gasteiger partial charge in [0.1, 0.15) is 23.9 Å². The van der Waals surface area contributed by atoms with Crippen molar-refractivity contribution < 1.29 is 26.3 Å². The molecule has 0 unspecified atom stereocenters. The number of sulfonamides is 1. The zero-order valence-corrected chi connectivity index (χ0v) is 22.0. The second-order valence-corrected chi connectivity index (χ2v) is 12.1. The molecular formula is C23H21F3N8O3S2. The predicted octanol–water partition coefficient (Wildman–Crippen LogP) is 3.26. The Morgan fingerprint density at radius 3 is 2.72 bits per heavy atom. The van der Waals surface area contributed by atoms with Crippen molar-refractivity contribution in [3.8, 4) is 11.2 Å². The molecular weight excluding hydrogens is 557 g/mol. The molecule has 1 saturated heterocycles. The summed E-state index contributed by atoms with van der Waals surface area (Å²) < 4.78 is 77.0. The number of ether oxygens (including phenoxy) is 1. The fourth-order valence-corrected chi connectivity index (χ4v) is 6.94. The molecule has 0 bridgehead atoms. The average molecular weight is 579 g/mol. The van der Waals surface area contributed by atoms with Gasteiger partial charge in [-0.1, -0.05) is 17.4 Å². The van der Waals surface area contributed by atoms with Crippen molar-refractivity contribution in [3.05, 3.63) is 29.5 Å². The van der Waals surface area contributed by atoms with Crippen molar-refractivity contribution in [2.24, 2.45) is 0 Å². The summed E-state index contributed by atoms with van der Waals surface area (Å²) >= 11 is 0.643. The van der Waals surface area contributed by atoms with E-state index in [1.807, 2.05) is 6.07 Å². The normalized spacial score (nSPS) is 21.1. The van der Waals surface area contributed by atoms with Crippen molar-refractivity contribution in [3.63, 3.8) is 0 Å². The molecule has 4 heterocycles. The Morgan fingerprint density at radius 2 is 2.08 bits per heavy atom. The van der Waals surface area contributed by atoms with Crippen LogP contribution in [0.15, 0.2) is 29.4 Å². The highest BCUT2D eigenvalue weighted by molar-refractivity contribution is 7.89. The standard InChI is InChI=1S/C23H21F3N8O3S2/c1-37-16-4-7-33(9-14(16)24)19-17-13-3-2-12(39(35,36)32-23(10-27)5-6-23)8-15(13)34(20(17)29-11-28-19)22-31-30-21(38-22)18(25)26/h2-3,8,11,14,16,18,32H,4-7,9H2,1H3/t14-,16+/m1/s1. The van der Waals surface area contributed by atoms with E-state index in [1.165, 1.54) is 30.1 Å². The minimum Gasteiger partial charge on any atom is -0.378 e. The van der Waals surface area contributed by atoms with Gasteiger partial charge in [-0.05, 0) is 31.4 Å². The van der Waals surface area contributed by atoms with Crippen molar-refractivity contribution >= 4 is 49.1 Å². The zero-order chi connectivity index (χ0) is 27.5. The van der Waals surface area contributed by atoms with Crippen LogP contribution in [0.1, 0.15) is 30.7 Å². The third kappa shape index (κ3) is 4.39. The summed E-state index contributed by atoms with van der Waals surface area (Å²) in [7, 11) is -2.64. The lowest BCUT2D eigenvalue weighted by Crippen LogP contribution is -2.45. The number of aromatic nitrogens is 5. The van der Waals surface area contributed by atoms with E-state index < -0.39 is 39.3 Å². The first kappa shape index (κ1) is 25.9. The first-order valence-corrected chi connectivity index (χ1v) is 14.2. The molecule has 16 heteroatoms. The lowest BCUT2D eigenvalue weighted by atomic mass is 10.1. The maximum atomic E-state index is 14.8. The topological polar surface area (TPSA) is 139 Å². The number of hydrogen-bond acceptors (Lipinski definition) is 10. The second-order valence-electron chi connectivity index (χ2n) is 9.46. The molecule has 11 nitrogen and oxygen atoms in total. The van der Waals surface area contributed by atoms with E-state index >= 15 is 0 Å². The maximum Gasteiger partial charge on any atom is 0.291 e. The maximum absolute atomic E-state index is 14.8. The van der Waals surface area contributed by atoms with Gasteiger partial charge >= 0.3 is 0 Å². The Kier molecular flexibility index (Phi) is 6.21. The molecule has 1 aliphatic heterocycles. The number of rotatable bonds is 7. The van der Waals surface area contributed by atoms with Gasteiger partial charge in [0.2, 0.25) is 15.2 Å². The summed E-state index contributed by atoms with van der Waals surface area (Å²) in [5.74, 6) is 0.412. The van der Waals surface area contributed by atoms with Crippen LogP contribution in [0, 0.1) is 11.3 Å². The van der Waals surface area contributed by atoms with E-state index in [0.29, 0.717) is 59.3 Å². The third-order valence-corrected chi connectivity index (χ3v) is 9.44. The number of nitrogens with one attached hydrogen (secondary N) is 1. The number of benzene rings is 1. The molecule has 0 radical (unpaired) electrons. The van der Waals surface area contributed by atoms with Crippen LogP contribution in [-0.4, -0.2) is 71.2 Å². The monoisotopic (exact) mass is 578 g/mol. The number of alkyl halides is 3. The van der Waals surface area contributed by atoms with Crippen LogP contribution in [-0.2, 0) is 14.8 Å². The lowest BCUT2D eigenvalue weighted by Gasteiger charge is -2.34. The molecule has 1 aromatic carbocycles. The van der Waals surface area contributed by atoms with Crippen LogP contribution in [0.25, 0.3) is 27.1 Å². The summed E-state index contributed by atoms with van der Waals surface area (Å²) in [6.45, 7) is 0.455. The van der Waals surface area contributed by atoms with Crippen molar-refractivity contribution in [2.45, 2.75) is 48.4 Å². The average Bonchev–Trinajstić information content (AvgIpc) is 3.36. The molecule has 2 fully saturated rings. The SMILES string of the molecule is CO[C@H]1CCN(c2ncnc3c2c2ccc(S(=O)(=O)NC4(C#N)CC4)cc2n3-c2nnc(C(F)F)s2)C[C@H]1F. The zero-order valence-electron chi connectivity index (χ0n) is 20.4. The van der Waals surface area contributed by atoms with E-state index in [9.17, 15) is 26.9 Å². The molecule has 4 aromatic rings. The largest absolute Gasteiger partial charge is 0.378 e. The highest BCUT2D eigenvalue weighted by atomic mass is 32.2. The van der Waals surface area contributed by atoms with E-state index in [0.717, 1.165) is 0 Å². The number of nitrogens with zero attached hydrogens (tertiary/aromatic N) is 7. The van der Waals surface area contributed by atoms with Crippen LogP contribution in [0.3, 0.4) is 0 Å². The third-order valence-electron chi connectivity index (χ3n) is 6.99. The molecule has 3 aromatic heterocycles. The van der Waals surface area contributed by atoms with Gasteiger partial charge in [-0.25, -0.2) is 31.6 Å². The van der Waals surface area contributed by atoms with Crippen LogP contribution in [0.5, 0.6) is 0 Å². The molecule has 2 aliphatic rings. The van der Waals surface area contributed by atoms with Crippen LogP contribution in [0.4, 0.5) is 19.0 Å².